The van der Waals surface area contributed by atoms with Gasteiger partial charge >= 0.3 is 5.97 Å². The summed E-state index contributed by atoms with van der Waals surface area (Å²) >= 11 is 0. The van der Waals surface area contributed by atoms with Crippen LogP contribution in [0.25, 0.3) is 0 Å². The van der Waals surface area contributed by atoms with E-state index in [1.807, 2.05) is 0 Å². The highest BCUT2D eigenvalue weighted by atomic mass is 19.1. The highest BCUT2D eigenvalue weighted by molar-refractivity contribution is 5.90. The summed E-state index contributed by atoms with van der Waals surface area (Å²) in [5.74, 6) is -2.82. The molecule has 0 spiro atoms. The van der Waals surface area contributed by atoms with Gasteiger partial charge in [-0.1, -0.05) is 0 Å². The van der Waals surface area contributed by atoms with Gasteiger partial charge in [0.2, 0.25) is 5.82 Å². The quantitative estimate of drug-likeness (QED) is 0.641. The third kappa shape index (κ3) is 2.81. The lowest BCUT2D eigenvalue weighted by atomic mass is 10.2. The van der Waals surface area contributed by atoms with Crippen LogP contribution in [-0.4, -0.2) is 26.2 Å². The molecule has 0 amide bonds. The van der Waals surface area contributed by atoms with Gasteiger partial charge in [0.25, 0.3) is 0 Å². The molecular weight excluding hydrogens is 260 g/mol. The summed E-state index contributed by atoms with van der Waals surface area (Å²) in [5.41, 5.74) is 4.45. The van der Waals surface area contributed by atoms with Crippen LogP contribution in [0.15, 0.2) is 12.1 Å². The number of hydrogen-bond donors (Lipinski definition) is 1. The number of aryl methyl sites for hydroxylation is 1. The molecule has 7 nitrogen and oxygen atoms in total. The number of tetrazole rings is 1. The fourth-order valence-corrected chi connectivity index (χ4v) is 1.31. The average molecular weight is 269 g/mol. The van der Waals surface area contributed by atoms with Crippen LogP contribution >= 0.6 is 0 Å². The minimum Gasteiger partial charge on any atom is -0.454 e. The Morgan fingerprint density at radius 1 is 1.42 bits per heavy atom. The van der Waals surface area contributed by atoms with Crippen molar-refractivity contribution in [1.29, 1.82) is 0 Å². The van der Waals surface area contributed by atoms with Crippen molar-refractivity contribution >= 4 is 11.7 Å². The zero-order valence-corrected chi connectivity index (χ0v) is 9.80. The van der Waals surface area contributed by atoms with Gasteiger partial charge in [-0.25, -0.2) is 13.6 Å². The SMILES string of the molecule is Cn1nnc(COC(=O)c2cc(N)c(F)cc2F)n1. The number of esters is 1. The topological polar surface area (TPSA) is 95.9 Å². The van der Waals surface area contributed by atoms with E-state index in [0.29, 0.717) is 6.07 Å². The molecule has 2 N–H and O–H groups in total. The Morgan fingerprint density at radius 2 is 2.16 bits per heavy atom. The zero-order chi connectivity index (χ0) is 14.0. The number of carbonyl (C=O) groups is 1. The van der Waals surface area contributed by atoms with Crippen molar-refractivity contribution in [2.45, 2.75) is 6.61 Å². The second-order valence-corrected chi connectivity index (χ2v) is 3.62. The predicted octanol–water partition coefficient (Wildman–Crippen LogP) is 0.427. The zero-order valence-electron chi connectivity index (χ0n) is 9.80. The Labute approximate surface area is 106 Å². The van der Waals surface area contributed by atoms with Crippen molar-refractivity contribution in [1.82, 2.24) is 20.2 Å². The molecule has 0 fully saturated rings. The first-order valence-corrected chi connectivity index (χ1v) is 5.12. The summed E-state index contributed by atoms with van der Waals surface area (Å²) in [4.78, 5) is 12.8. The molecule has 9 heteroatoms. The molecule has 0 aliphatic rings. The van der Waals surface area contributed by atoms with Crippen LogP contribution in [0.2, 0.25) is 0 Å². The summed E-state index contributed by atoms with van der Waals surface area (Å²) in [7, 11) is 1.54. The Hall–Kier alpha value is -2.58. The number of nitrogen functional groups attached to an aromatic ring is 1. The summed E-state index contributed by atoms with van der Waals surface area (Å²) in [6.07, 6.45) is 0. The van der Waals surface area contributed by atoms with Gasteiger partial charge in [0.15, 0.2) is 6.61 Å². The van der Waals surface area contributed by atoms with Gasteiger partial charge in [-0.2, -0.15) is 4.80 Å². The van der Waals surface area contributed by atoms with E-state index >= 15 is 0 Å². The third-order valence-electron chi connectivity index (χ3n) is 2.19. The van der Waals surface area contributed by atoms with Crippen LogP contribution in [0.3, 0.4) is 0 Å². The van der Waals surface area contributed by atoms with Gasteiger partial charge < -0.3 is 10.5 Å². The number of anilines is 1. The molecule has 0 bridgehead atoms. The minimum atomic E-state index is -1.05. The summed E-state index contributed by atoms with van der Waals surface area (Å²) in [6, 6.07) is 1.39. The number of nitrogens with two attached hydrogens (primary N) is 1. The van der Waals surface area contributed by atoms with Crippen LogP contribution in [0.4, 0.5) is 14.5 Å². The van der Waals surface area contributed by atoms with Crippen LogP contribution in [-0.2, 0) is 18.4 Å². The van der Waals surface area contributed by atoms with E-state index in [0.717, 1.165) is 6.07 Å². The monoisotopic (exact) mass is 269 g/mol. The van der Waals surface area contributed by atoms with E-state index in [2.05, 4.69) is 15.4 Å². The van der Waals surface area contributed by atoms with Crippen molar-refractivity contribution in [2.75, 3.05) is 5.73 Å². The lowest BCUT2D eigenvalue weighted by molar-refractivity contribution is 0.0456. The van der Waals surface area contributed by atoms with Gasteiger partial charge in [-0.05, 0) is 11.3 Å². The normalized spacial score (nSPS) is 10.5. The Bertz CT molecular complexity index is 628. The molecule has 0 atom stereocenters. The van der Waals surface area contributed by atoms with E-state index < -0.39 is 23.2 Å². The molecule has 1 heterocycles. The number of ether oxygens (including phenoxy) is 1. The molecule has 19 heavy (non-hydrogen) atoms. The van der Waals surface area contributed by atoms with E-state index in [-0.39, 0.29) is 18.1 Å². The van der Waals surface area contributed by atoms with E-state index in [4.69, 9.17) is 10.5 Å². The first-order valence-electron chi connectivity index (χ1n) is 5.12. The lowest BCUT2D eigenvalue weighted by Gasteiger charge is -2.05. The van der Waals surface area contributed by atoms with Crippen LogP contribution in [0.1, 0.15) is 16.2 Å². The van der Waals surface area contributed by atoms with E-state index in [1.54, 1.807) is 7.05 Å². The molecule has 0 saturated carbocycles. The van der Waals surface area contributed by atoms with Crippen molar-refractivity contribution < 1.29 is 18.3 Å². The second-order valence-electron chi connectivity index (χ2n) is 3.62. The number of benzene rings is 1. The van der Waals surface area contributed by atoms with Crippen molar-refractivity contribution in [3.63, 3.8) is 0 Å². The molecule has 0 aliphatic carbocycles. The summed E-state index contributed by atoms with van der Waals surface area (Å²) in [6.45, 7) is -0.274. The molecule has 0 unspecified atom stereocenters. The maximum Gasteiger partial charge on any atom is 0.341 e. The van der Waals surface area contributed by atoms with Crippen LogP contribution in [0, 0.1) is 11.6 Å². The second kappa shape index (κ2) is 4.96. The smallest absolute Gasteiger partial charge is 0.341 e. The molecule has 1 aromatic heterocycles. The Morgan fingerprint density at radius 3 is 2.79 bits per heavy atom. The van der Waals surface area contributed by atoms with Gasteiger partial charge in [-0.15, -0.1) is 10.2 Å². The Balaban J connectivity index is 2.10. The standard InChI is InChI=1S/C10H9F2N5O2/c1-17-15-9(14-16-17)4-19-10(18)5-2-8(13)7(12)3-6(5)11/h2-3H,4,13H2,1H3. The van der Waals surface area contributed by atoms with Crippen molar-refractivity contribution in [3.05, 3.63) is 35.2 Å². The van der Waals surface area contributed by atoms with Crippen LogP contribution in [0.5, 0.6) is 0 Å². The first kappa shape index (κ1) is 12.9. The lowest BCUT2D eigenvalue weighted by Crippen LogP contribution is -2.10. The highest BCUT2D eigenvalue weighted by Gasteiger charge is 2.17. The number of nitrogens with zero attached hydrogens (tertiary/aromatic N) is 4. The molecule has 0 radical (unpaired) electrons. The summed E-state index contributed by atoms with van der Waals surface area (Å²) < 4.78 is 31.1. The molecule has 2 aromatic rings. The van der Waals surface area contributed by atoms with E-state index in [9.17, 15) is 13.6 Å². The average Bonchev–Trinajstić information content (AvgIpc) is 2.77. The number of carbonyl (C=O) groups excluding carboxylic acids is 1. The molecular formula is C10H9F2N5O2. The van der Waals surface area contributed by atoms with E-state index in [1.165, 1.54) is 4.80 Å². The third-order valence-corrected chi connectivity index (χ3v) is 2.19. The van der Waals surface area contributed by atoms with Crippen LogP contribution < -0.4 is 5.73 Å². The van der Waals surface area contributed by atoms with Gasteiger partial charge in [0, 0.05) is 6.07 Å². The minimum absolute atomic E-state index is 0.159. The predicted molar refractivity (Wildman–Crippen MR) is 58.7 cm³/mol. The van der Waals surface area contributed by atoms with Gasteiger partial charge in [0.1, 0.15) is 11.6 Å². The molecule has 1 aromatic carbocycles. The van der Waals surface area contributed by atoms with Gasteiger partial charge in [-0.3, -0.25) is 0 Å². The number of aromatic nitrogens is 4. The largest absolute Gasteiger partial charge is 0.454 e. The molecule has 0 saturated heterocycles. The number of rotatable bonds is 3. The molecule has 2 rings (SSSR count). The first-order chi connectivity index (χ1) is 8.97. The van der Waals surface area contributed by atoms with Gasteiger partial charge in [0.05, 0.1) is 18.3 Å². The fraction of sp³-hybridized carbons (Fsp3) is 0.200. The number of halogens is 2. The fourth-order valence-electron chi connectivity index (χ4n) is 1.31. The van der Waals surface area contributed by atoms with Crippen molar-refractivity contribution in [2.24, 2.45) is 7.05 Å². The highest BCUT2D eigenvalue weighted by Crippen LogP contribution is 2.17. The maximum absolute atomic E-state index is 13.4. The molecule has 0 aliphatic heterocycles. The summed E-state index contributed by atoms with van der Waals surface area (Å²) in [5, 5.41) is 10.9. The Kier molecular flexibility index (Phi) is 3.36. The number of hydrogen-bond acceptors (Lipinski definition) is 6. The van der Waals surface area contributed by atoms with Crippen molar-refractivity contribution in [3.8, 4) is 0 Å². The maximum atomic E-state index is 13.4. The molecule has 100 valence electrons.